The van der Waals surface area contributed by atoms with Gasteiger partial charge in [-0.1, -0.05) is 19.1 Å². The van der Waals surface area contributed by atoms with E-state index in [1.54, 1.807) is 12.1 Å². The summed E-state index contributed by atoms with van der Waals surface area (Å²) >= 11 is 3.34. The number of allylic oxidation sites excluding steroid dienone is 2. The van der Waals surface area contributed by atoms with E-state index in [9.17, 15) is 14.7 Å². The van der Waals surface area contributed by atoms with Gasteiger partial charge in [-0.25, -0.2) is 0 Å². The summed E-state index contributed by atoms with van der Waals surface area (Å²) in [5, 5.41) is 13.1. The van der Waals surface area contributed by atoms with Gasteiger partial charge in [0.25, 0.3) is 0 Å². The van der Waals surface area contributed by atoms with Crippen LogP contribution in [0.5, 0.6) is 17.2 Å². The summed E-state index contributed by atoms with van der Waals surface area (Å²) in [6.07, 6.45) is 2.10. The van der Waals surface area contributed by atoms with Crippen molar-refractivity contribution < 1.29 is 24.2 Å². The van der Waals surface area contributed by atoms with Crippen LogP contribution in [0.4, 0.5) is 0 Å². The van der Waals surface area contributed by atoms with E-state index in [1.807, 2.05) is 24.3 Å². The van der Waals surface area contributed by atoms with Gasteiger partial charge in [0, 0.05) is 30.0 Å². The van der Waals surface area contributed by atoms with Crippen molar-refractivity contribution in [2.24, 2.45) is 0 Å². The lowest BCUT2D eigenvalue weighted by molar-refractivity contribution is -0.122. The topological polar surface area (TPSA) is 84.9 Å². The molecule has 2 aromatic rings. The second-order valence-electron chi connectivity index (χ2n) is 8.20. The molecule has 2 aromatic carbocycles. The third-order valence-corrected chi connectivity index (χ3v) is 6.64. The van der Waals surface area contributed by atoms with Gasteiger partial charge in [0.2, 0.25) is 5.91 Å². The lowest BCUT2D eigenvalue weighted by atomic mass is 9.73. The largest absolute Gasteiger partial charge is 0.503 e. The summed E-state index contributed by atoms with van der Waals surface area (Å²) in [7, 11) is 1.47. The van der Waals surface area contributed by atoms with Crippen LogP contribution in [0.15, 0.2) is 52.1 Å². The third-order valence-electron chi connectivity index (χ3n) is 6.03. The van der Waals surface area contributed by atoms with Crippen LogP contribution in [-0.4, -0.2) is 30.5 Å². The van der Waals surface area contributed by atoms with Crippen LogP contribution in [0.2, 0.25) is 0 Å². The smallest absolute Gasteiger partial charge is 0.225 e. The quantitative estimate of drug-likeness (QED) is 0.586. The average molecular weight is 500 g/mol. The monoisotopic (exact) mass is 499 g/mol. The Labute approximate surface area is 195 Å². The Bertz CT molecular complexity index is 1080. The van der Waals surface area contributed by atoms with Crippen LogP contribution in [-0.2, 0) is 9.59 Å². The minimum absolute atomic E-state index is 0.00150. The molecule has 1 aliphatic heterocycles. The van der Waals surface area contributed by atoms with Crippen molar-refractivity contribution in [1.82, 2.24) is 5.32 Å². The lowest BCUT2D eigenvalue weighted by Crippen LogP contribution is -2.38. The number of amides is 1. The summed E-state index contributed by atoms with van der Waals surface area (Å²) in [4.78, 5) is 25.8. The van der Waals surface area contributed by atoms with Crippen LogP contribution in [0.1, 0.15) is 55.6 Å². The number of rotatable bonds is 6. The minimum atomic E-state index is -0.372. The van der Waals surface area contributed by atoms with Crippen LogP contribution in [0.3, 0.4) is 0 Å². The highest BCUT2D eigenvalue weighted by Gasteiger charge is 2.38. The number of aromatic hydroxyl groups is 1. The van der Waals surface area contributed by atoms with Gasteiger partial charge < -0.3 is 19.9 Å². The van der Waals surface area contributed by atoms with Crippen molar-refractivity contribution in [2.45, 2.75) is 44.4 Å². The number of nitrogens with one attached hydrogen (secondary N) is 1. The summed E-state index contributed by atoms with van der Waals surface area (Å²) in [6.45, 7) is 2.73. The van der Waals surface area contributed by atoms with Crippen molar-refractivity contribution in [3.63, 3.8) is 0 Å². The summed E-state index contributed by atoms with van der Waals surface area (Å²) in [5.41, 5.74) is 3.17. The normalized spacial score (nSPS) is 20.6. The predicted octanol–water partition coefficient (Wildman–Crippen LogP) is 4.96. The molecule has 168 valence electrons. The van der Waals surface area contributed by atoms with E-state index in [2.05, 4.69) is 28.2 Å². The maximum Gasteiger partial charge on any atom is 0.225 e. The van der Waals surface area contributed by atoms with E-state index in [-0.39, 0.29) is 35.7 Å². The fourth-order valence-corrected chi connectivity index (χ4v) is 4.95. The number of phenols is 1. The number of methoxy groups -OCH3 is 1. The summed E-state index contributed by atoms with van der Waals surface area (Å²) in [6, 6.07) is 11.3. The number of hydrogen-bond acceptors (Lipinski definition) is 5. The zero-order valence-electron chi connectivity index (χ0n) is 18.1. The number of halogens is 1. The molecule has 0 fully saturated rings. The Balaban J connectivity index is 1.64. The molecule has 4 rings (SSSR count). The van der Waals surface area contributed by atoms with E-state index in [0.29, 0.717) is 40.9 Å². The zero-order chi connectivity index (χ0) is 22.8. The van der Waals surface area contributed by atoms with Crippen molar-refractivity contribution >= 4 is 27.6 Å². The van der Waals surface area contributed by atoms with Gasteiger partial charge >= 0.3 is 0 Å². The van der Waals surface area contributed by atoms with Gasteiger partial charge in [-0.2, -0.15) is 0 Å². The first-order valence-corrected chi connectivity index (χ1v) is 11.6. The van der Waals surface area contributed by atoms with Crippen molar-refractivity contribution in [1.29, 1.82) is 0 Å². The molecule has 0 radical (unpaired) electrons. The fourth-order valence-electron chi connectivity index (χ4n) is 4.49. The van der Waals surface area contributed by atoms with E-state index in [1.165, 1.54) is 7.11 Å². The second kappa shape index (κ2) is 9.36. The highest BCUT2D eigenvalue weighted by molar-refractivity contribution is 9.10. The van der Waals surface area contributed by atoms with E-state index in [4.69, 9.17) is 9.47 Å². The van der Waals surface area contributed by atoms with Gasteiger partial charge in [0.15, 0.2) is 17.3 Å². The van der Waals surface area contributed by atoms with Gasteiger partial charge in [-0.05, 0) is 70.1 Å². The molecule has 0 saturated heterocycles. The number of Topliss-reactive ketones (excluding diaryl/α,β-unsaturated/α-hetero) is 1. The molecule has 2 atom stereocenters. The van der Waals surface area contributed by atoms with Gasteiger partial charge in [0.05, 0.1) is 18.2 Å². The van der Waals surface area contributed by atoms with Crippen molar-refractivity contribution in [3.05, 3.63) is 63.3 Å². The summed E-state index contributed by atoms with van der Waals surface area (Å²) in [5.74, 6) is 0.658. The zero-order valence-corrected chi connectivity index (χ0v) is 19.7. The van der Waals surface area contributed by atoms with E-state index in [0.717, 1.165) is 23.3 Å². The molecular weight excluding hydrogens is 474 g/mol. The molecule has 32 heavy (non-hydrogen) atoms. The molecule has 0 aromatic heterocycles. The van der Waals surface area contributed by atoms with Crippen LogP contribution < -0.4 is 14.8 Å². The van der Waals surface area contributed by atoms with Gasteiger partial charge in [-0.15, -0.1) is 0 Å². The minimum Gasteiger partial charge on any atom is -0.503 e. The Kier molecular flexibility index (Phi) is 6.55. The predicted molar refractivity (Wildman–Crippen MR) is 124 cm³/mol. The Morgan fingerprint density at radius 2 is 1.84 bits per heavy atom. The standard InChI is InChI=1S/C25H26BrNO5/c1-3-8-32-17-6-4-14(5-7-17)15-10-20-24(21(28)11-15)18(13-23(29)27-20)16-9-19(26)25(30)22(12-16)31-2/h4-7,9,12,15,18,30H,3,8,10-11,13H2,1-2H3,(H,27,29). The molecule has 0 spiro atoms. The molecule has 0 saturated carbocycles. The molecule has 2 aliphatic rings. The molecule has 2 unspecified atom stereocenters. The average Bonchev–Trinajstić information content (AvgIpc) is 2.78. The van der Waals surface area contributed by atoms with Crippen molar-refractivity contribution in [2.75, 3.05) is 13.7 Å². The van der Waals surface area contributed by atoms with Crippen LogP contribution in [0, 0.1) is 0 Å². The SMILES string of the molecule is CCCOc1ccc(C2CC(=O)C3=C(C2)NC(=O)CC3c2cc(Br)c(O)c(OC)c2)cc1. The maximum atomic E-state index is 13.3. The molecule has 1 aliphatic carbocycles. The lowest BCUT2D eigenvalue weighted by Gasteiger charge is -2.34. The first-order chi connectivity index (χ1) is 15.4. The summed E-state index contributed by atoms with van der Waals surface area (Å²) < 4.78 is 11.4. The number of ether oxygens (including phenoxy) is 2. The number of ketones is 1. The number of carbonyl (C=O) groups is 2. The molecule has 1 amide bonds. The number of phenolic OH excluding ortho intramolecular Hbond substituents is 1. The highest BCUT2D eigenvalue weighted by Crippen LogP contribution is 2.45. The number of carbonyl (C=O) groups excluding carboxylic acids is 2. The Hall–Kier alpha value is -2.80. The first-order valence-electron chi connectivity index (χ1n) is 10.8. The van der Waals surface area contributed by atoms with Gasteiger partial charge in [0.1, 0.15) is 5.75 Å². The fraction of sp³-hybridized carbons (Fsp3) is 0.360. The Morgan fingerprint density at radius 3 is 2.53 bits per heavy atom. The molecule has 2 N–H and O–H groups in total. The molecule has 0 bridgehead atoms. The molecule has 1 heterocycles. The first kappa shape index (κ1) is 22.4. The Morgan fingerprint density at radius 1 is 1.09 bits per heavy atom. The second-order valence-corrected chi connectivity index (χ2v) is 9.05. The number of benzene rings is 2. The maximum absolute atomic E-state index is 13.3. The highest BCUT2D eigenvalue weighted by atomic mass is 79.9. The van der Waals surface area contributed by atoms with Crippen molar-refractivity contribution in [3.8, 4) is 17.2 Å². The number of hydrogen-bond donors (Lipinski definition) is 2. The van der Waals surface area contributed by atoms with Gasteiger partial charge in [-0.3, -0.25) is 9.59 Å². The molecule has 7 heteroatoms. The van der Waals surface area contributed by atoms with E-state index < -0.39 is 0 Å². The third kappa shape index (κ3) is 4.39. The van der Waals surface area contributed by atoms with E-state index >= 15 is 0 Å². The van der Waals surface area contributed by atoms with Crippen LogP contribution in [0.25, 0.3) is 0 Å². The molecule has 6 nitrogen and oxygen atoms in total. The molecular formula is C25H26BrNO5. The van der Waals surface area contributed by atoms with Crippen LogP contribution >= 0.6 is 15.9 Å².